The molecule has 0 saturated carbocycles. The molecule has 0 spiro atoms. The number of ether oxygens (including phenoxy) is 1. The van der Waals surface area contributed by atoms with Crippen molar-refractivity contribution in [3.8, 4) is 0 Å². The van der Waals surface area contributed by atoms with Crippen molar-refractivity contribution in [2.24, 2.45) is 0 Å². The van der Waals surface area contributed by atoms with E-state index in [0.29, 0.717) is 17.9 Å². The monoisotopic (exact) mass is 286 g/mol. The normalized spacial score (nSPS) is 11.7. The molecule has 1 aromatic rings. The number of amides is 1. The van der Waals surface area contributed by atoms with Gasteiger partial charge in [-0.3, -0.25) is 14.9 Å². The lowest BCUT2D eigenvalue weighted by molar-refractivity contribution is -0.380. The zero-order chi connectivity index (χ0) is 14.4. The predicted octanol–water partition coefficient (Wildman–Crippen LogP) is 1.73. The van der Waals surface area contributed by atoms with Gasteiger partial charge in [-0.1, -0.05) is 18.3 Å². The Labute approximate surface area is 113 Å². The van der Waals surface area contributed by atoms with Crippen LogP contribution in [0.25, 0.3) is 0 Å². The second-order valence-corrected chi connectivity index (χ2v) is 4.80. The number of esters is 1. The number of thiophene rings is 1. The highest BCUT2D eigenvalue weighted by Crippen LogP contribution is 2.24. The molecule has 104 valence electrons. The van der Waals surface area contributed by atoms with Crippen LogP contribution in [0.3, 0.4) is 0 Å². The van der Waals surface area contributed by atoms with E-state index in [1.54, 1.807) is 0 Å². The first-order valence-corrected chi connectivity index (χ1v) is 6.50. The summed E-state index contributed by atoms with van der Waals surface area (Å²) in [5, 5.41) is 12.9. The quantitative estimate of drug-likeness (QED) is 0.488. The van der Waals surface area contributed by atoms with Crippen LogP contribution in [0.1, 0.15) is 29.9 Å². The lowest BCUT2D eigenvalue weighted by Gasteiger charge is -2.12. The maximum atomic E-state index is 11.7. The largest absolute Gasteiger partial charge is 0.448 e. The fourth-order valence-electron chi connectivity index (χ4n) is 1.20. The van der Waals surface area contributed by atoms with Gasteiger partial charge in [0.1, 0.15) is 4.88 Å². The molecule has 0 bridgehead atoms. The Morgan fingerprint density at radius 3 is 2.74 bits per heavy atom. The van der Waals surface area contributed by atoms with Gasteiger partial charge in [-0.25, -0.2) is 4.79 Å². The van der Waals surface area contributed by atoms with Crippen molar-refractivity contribution in [2.45, 2.75) is 26.4 Å². The molecule has 1 heterocycles. The topological polar surface area (TPSA) is 98.5 Å². The number of nitrogens with zero attached hydrogens (tertiary/aromatic N) is 1. The van der Waals surface area contributed by atoms with Gasteiger partial charge in [0.05, 0.1) is 4.92 Å². The molecule has 0 aliphatic heterocycles. The van der Waals surface area contributed by atoms with Crippen molar-refractivity contribution in [2.75, 3.05) is 6.54 Å². The molecule has 0 aliphatic carbocycles. The number of nitrogens with one attached hydrogen (secondary N) is 1. The summed E-state index contributed by atoms with van der Waals surface area (Å²) in [6, 6.07) is 2.53. The van der Waals surface area contributed by atoms with E-state index in [4.69, 9.17) is 4.74 Å². The Hall–Kier alpha value is -1.96. The van der Waals surface area contributed by atoms with Gasteiger partial charge < -0.3 is 10.1 Å². The van der Waals surface area contributed by atoms with Crippen LogP contribution in [0.2, 0.25) is 0 Å². The molecule has 1 amide bonds. The van der Waals surface area contributed by atoms with Gasteiger partial charge in [0, 0.05) is 12.6 Å². The van der Waals surface area contributed by atoms with Crippen molar-refractivity contribution >= 4 is 28.2 Å². The van der Waals surface area contributed by atoms with Gasteiger partial charge in [-0.15, -0.1) is 0 Å². The molecule has 1 atom stereocenters. The van der Waals surface area contributed by atoms with Crippen LogP contribution < -0.4 is 5.32 Å². The maximum Gasteiger partial charge on any atom is 0.349 e. The summed E-state index contributed by atoms with van der Waals surface area (Å²) in [6.45, 7) is 3.86. The van der Waals surface area contributed by atoms with Crippen molar-refractivity contribution in [3.05, 3.63) is 27.1 Å². The summed E-state index contributed by atoms with van der Waals surface area (Å²) < 4.78 is 4.93. The minimum Gasteiger partial charge on any atom is -0.448 e. The summed E-state index contributed by atoms with van der Waals surface area (Å²) in [4.78, 5) is 33.1. The van der Waals surface area contributed by atoms with E-state index < -0.39 is 17.0 Å². The Bertz CT molecular complexity index is 485. The van der Waals surface area contributed by atoms with Gasteiger partial charge >= 0.3 is 11.0 Å². The molecule has 0 radical (unpaired) electrons. The summed E-state index contributed by atoms with van der Waals surface area (Å²) in [7, 11) is 0. The highest BCUT2D eigenvalue weighted by Gasteiger charge is 2.21. The van der Waals surface area contributed by atoms with Crippen molar-refractivity contribution < 1.29 is 19.2 Å². The van der Waals surface area contributed by atoms with Gasteiger partial charge in [0.15, 0.2) is 6.10 Å². The smallest absolute Gasteiger partial charge is 0.349 e. The van der Waals surface area contributed by atoms with Crippen LogP contribution in [0.15, 0.2) is 12.1 Å². The van der Waals surface area contributed by atoms with Gasteiger partial charge in [-0.05, 0) is 19.4 Å². The highest BCUT2D eigenvalue weighted by atomic mass is 32.1. The molecule has 7 nitrogen and oxygen atoms in total. The summed E-state index contributed by atoms with van der Waals surface area (Å²) >= 11 is 0.715. The van der Waals surface area contributed by atoms with Gasteiger partial charge in [0.2, 0.25) is 0 Å². The third kappa shape index (κ3) is 4.32. The molecule has 1 unspecified atom stereocenters. The molecular formula is C11H14N2O5S. The molecule has 0 saturated heterocycles. The highest BCUT2D eigenvalue weighted by molar-refractivity contribution is 7.17. The SMILES string of the molecule is CCCNC(=O)C(C)OC(=O)c1ccc([N+](=O)[O-])s1. The third-order valence-electron chi connectivity index (χ3n) is 2.18. The molecular weight excluding hydrogens is 272 g/mol. The van der Waals surface area contributed by atoms with Crippen LogP contribution in [0.5, 0.6) is 0 Å². The summed E-state index contributed by atoms with van der Waals surface area (Å²) in [6.07, 6.45) is -0.149. The minimum absolute atomic E-state index is 0.0989. The van der Waals surface area contributed by atoms with E-state index in [1.165, 1.54) is 19.1 Å². The lowest BCUT2D eigenvalue weighted by atomic mass is 10.3. The molecule has 1 N–H and O–H groups in total. The van der Waals surface area contributed by atoms with Crippen LogP contribution in [0, 0.1) is 10.1 Å². The zero-order valence-electron chi connectivity index (χ0n) is 10.5. The van der Waals surface area contributed by atoms with Gasteiger partial charge in [0.25, 0.3) is 5.91 Å². The van der Waals surface area contributed by atoms with Crippen LogP contribution in [-0.2, 0) is 9.53 Å². The van der Waals surface area contributed by atoms with Crippen molar-refractivity contribution in [3.63, 3.8) is 0 Å². The Morgan fingerprint density at radius 2 is 2.21 bits per heavy atom. The first kappa shape index (κ1) is 15.1. The first-order valence-electron chi connectivity index (χ1n) is 5.68. The number of nitro groups is 1. The number of hydrogen-bond acceptors (Lipinski definition) is 6. The lowest BCUT2D eigenvalue weighted by Crippen LogP contribution is -2.36. The average Bonchev–Trinajstić information content (AvgIpc) is 2.85. The molecule has 1 aromatic heterocycles. The van der Waals surface area contributed by atoms with Crippen molar-refractivity contribution in [1.82, 2.24) is 5.32 Å². The Balaban J connectivity index is 2.58. The first-order chi connectivity index (χ1) is 8.95. The average molecular weight is 286 g/mol. The van der Waals surface area contributed by atoms with Crippen LogP contribution >= 0.6 is 11.3 Å². The number of carbonyl (C=O) groups excluding carboxylic acids is 2. The molecule has 1 rings (SSSR count). The number of carbonyl (C=O) groups is 2. The number of hydrogen-bond donors (Lipinski definition) is 1. The standard InChI is InChI=1S/C11H14N2O5S/c1-3-6-12-10(14)7(2)18-11(15)8-4-5-9(19-8)13(16)17/h4-5,7H,3,6H2,1-2H3,(H,12,14). The maximum absolute atomic E-state index is 11.7. The second-order valence-electron chi connectivity index (χ2n) is 3.73. The van der Waals surface area contributed by atoms with E-state index >= 15 is 0 Å². The fraction of sp³-hybridized carbons (Fsp3) is 0.455. The van der Waals surface area contributed by atoms with E-state index in [1.807, 2.05) is 6.92 Å². The molecule has 19 heavy (non-hydrogen) atoms. The van der Waals surface area contributed by atoms with E-state index in [2.05, 4.69) is 5.32 Å². The summed E-state index contributed by atoms with van der Waals surface area (Å²) in [5.74, 6) is -1.13. The molecule has 0 fully saturated rings. The van der Waals surface area contributed by atoms with E-state index in [9.17, 15) is 19.7 Å². The second kappa shape index (κ2) is 6.83. The number of rotatable bonds is 6. The van der Waals surface area contributed by atoms with Crippen LogP contribution in [-0.4, -0.2) is 29.4 Å². The van der Waals surface area contributed by atoms with E-state index in [0.717, 1.165) is 6.42 Å². The zero-order valence-corrected chi connectivity index (χ0v) is 11.4. The molecule has 8 heteroatoms. The van der Waals surface area contributed by atoms with E-state index in [-0.39, 0.29) is 15.8 Å². The molecule has 0 aliphatic rings. The van der Waals surface area contributed by atoms with Crippen LogP contribution in [0.4, 0.5) is 5.00 Å². The minimum atomic E-state index is -0.930. The molecule has 0 aromatic carbocycles. The third-order valence-corrected chi connectivity index (χ3v) is 3.19. The summed E-state index contributed by atoms with van der Waals surface area (Å²) in [5.41, 5.74) is 0. The van der Waals surface area contributed by atoms with Crippen molar-refractivity contribution in [1.29, 1.82) is 0 Å². The predicted molar refractivity (Wildman–Crippen MR) is 69.2 cm³/mol. The fourth-order valence-corrected chi connectivity index (χ4v) is 1.90. The Kier molecular flexibility index (Phi) is 5.43. The van der Waals surface area contributed by atoms with Gasteiger partial charge in [-0.2, -0.15) is 0 Å². The Morgan fingerprint density at radius 1 is 1.53 bits per heavy atom.